The average Bonchev–Trinajstić information content (AvgIpc) is 2.04. The Labute approximate surface area is 79.5 Å². The van der Waals surface area contributed by atoms with Crippen LogP contribution in [0.15, 0.2) is 0 Å². The lowest BCUT2D eigenvalue weighted by Gasteiger charge is -2.22. The second-order valence-corrected chi connectivity index (χ2v) is 5.06. The molecule has 0 amide bonds. The van der Waals surface area contributed by atoms with Crippen LogP contribution in [0.25, 0.3) is 0 Å². The van der Waals surface area contributed by atoms with Gasteiger partial charge in [0, 0.05) is 0 Å². The molecular weight excluding hydrogens is 190 g/mol. The van der Waals surface area contributed by atoms with Crippen LogP contribution < -0.4 is 5.32 Å². The first-order chi connectivity index (χ1) is 6.08. The summed E-state index contributed by atoms with van der Waals surface area (Å²) in [5.41, 5.74) is 0. The predicted octanol–water partition coefficient (Wildman–Crippen LogP) is 0.659. The van der Waals surface area contributed by atoms with E-state index in [2.05, 4.69) is 5.32 Å². The molecule has 0 unspecified atom stereocenters. The van der Waals surface area contributed by atoms with E-state index in [0.29, 0.717) is 12.5 Å². The normalized spacial score (nSPS) is 20.4. The van der Waals surface area contributed by atoms with Crippen molar-refractivity contribution in [2.45, 2.75) is 32.1 Å². The molecule has 1 saturated carbocycles. The predicted molar refractivity (Wildman–Crippen MR) is 49.1 cm³/mol. The van der Waals surface area contributed by atoms with Crippen LogP contribution in [0.5, 0.6) is 0 Å². The Morgan fingerprint density at radius 1 is 1.23 bits per heavy atom. The summed E-state index contributed by atoms with van der Waals surface area (Å²) >= 11 is 0. The van der Waals surface area contributed by atoms with E-state index in [-0.39, 0.29) is 0 Å². The van der Waals surface area contributed by atoms with E-state index < -0.39 is 16.0 Å². The summed E-state index contributed by atoms with van der Waals surface area (Å²) in [5, 5.41) is 2.69. The Kier molecular flexibility index (Phi) is 4.15. The summed E-state index contributed by atoms with van der Waals surface area (Å²) in [6.07, 6.45) is 6.07. The van der Waals surface area contributed by atoms with E-state index in [4.69, 9.17) is 0 Å². The van der Waals surface area contributed by atoms with Crippen molar-refractivity contribution in [3.8, 4) is 0 Å². The molecule has 0 aliphatic heterocycles. The molecule has 0 radical (unpaired) electrons. The lowest BCUT2D eigenvalue weighted by Crippen LogP contribution is -2.29. The van der Waals surface area contributed by atoms with Gasteiger partial charge in [0.1, 0.15) is 10.1 Å². The molecule has 1 fully saturated rings. The Morgan fingerprint density at radius 3 is 2.38 bits per heavy atom. The summed E-state index contributed by atoms with van der Waals surface area (Å²) in [5.74, 6) is 0.138. The van der Waals surface area contributed by atoms with Crippen molar-refractivity contribution < 1.29 is 13.0 Å². The van der Waals surface area contributed by atoms with Crippen molar-refractivity contribution in [3.63, 3.8) is 0 Å². The fraction of sp³-hybridized carbons (Fsp3) is 1.00. The van der Waals surface area contributed by atoms with Gasteiger partial charge in [0.15, 0.2) is 0 Å². The summed E-state index contributed by atoms with van der Waals surface area (Å²) in [7, 11) is -4.09. The SMILES string of the molecule is O=S(=O)([O-])CNCC1CCCCC1. The molecule has 13 heavy (non-hydrogen) atoms. The minimum Gasteiger partial charge on any atom is -0.747 e. The number of hydrogen-bond acceptors (Lipinski definition) is 4. The highest BCUT2D eigenvalue weighted by atomic mass is 32.2. The fourth-order valence-electron chi connectivity index (χ4n) is 1.78. The Hall–Kier alpha value is -0.130. The van der Waals surface area contributed by atoms with Crippen molar-refractivity contribution in [2.24, 2.45) is 5.92 Å². The maximum absolute atomic E-state index is 10.3. The third-order valence-corrected chi connectivity index (χ3v) is 2.99. The number of hydrogen-bond donors (Lipinski definition) is 1. The van der Waals surface area contributed by atoms with Crippen LogP contribution in [0.1, 0.15) is 32.1 Å². The first-order valence-electron chi connectivity index (χ1n) is 4.72. The van der Waals surface area contributed by atoms with Crippen molar-refractivity contribution >= 4 is 10.1 Å². The van der Waals surface area contributed by atoms with Crippen LogP contribution in [0.3, 0.4) is 0 Å². The van der Waals surface area contributed by atoms with Crippen LogP contribution in [-0.4, -0.2) is 25.4 Å². The molecule has 1 aliphatic rings. The van der Waals surface area contributed by atoms with Gasteiger partial charge in [-0.2, -0.15) is 0 Å². The number of nitrogens with one attached hydrogen (secondary N) is 1. The summed E-state index contributed by atoms with van der Waals surface area (Å²) in [4.78, 5) is 0. The van der Waals surface area contributed by atoms with Gasteiger partial charge in [0.2, 0.25) is 0 Å². The molecule has 0 saturated heterocycles. The summed E-state index contributed by atoms with van der Waals surface area (Å²) < 4.78 is 30.8. The molecule has 0 aromatic carbocycles. The van der Waals surface area contributed by atoms with E-state index in [9.17, 15) is 13.0 Å². The Bertz CT molecular complexity index is 232. The second kappa shape index (κ2) is 4.93. The molecule has 1 aliphatic carbocycles. The van der Waals surface area contributed by atoms with Gasteiger partial charge in [-0.3, -0.25) is 0 Å². The van der Waals surface area contributed by atoms with Gasteiger partial charge in [-0.25, -0.2) is 8.42 Å². The van der Waals surface area contributed by atoms with E-state index >= 15 is 0 Å². The van der Waals surface area contributed by atoms with Crippen LogP contribution in [0.2, 0.25) is 0 Å². The third kappa shape index (κ3) is 5.23. The van der Waals surface area contributed by atoms with Crippen LogP contribution in [0, 0.1) is 5.92 Å². The first kappa shape index (κ1) is 10.9. The minimum absolute atomic E-state index is 0.427. The molecule has 0 bridgehead atoms. The van der Waals surface area contributed by atoms with Crippen LogP contribution in [-0.2, 0) is 10.1 Å². The van der Waals surface area contributed by atoms with Gasteiger partial charge in [0.25, 0.3) is 0 Å². The molecule has 0 aromatic heterocycles. The monoisotopic (exact) mass is 206 g/mol. The zero-order chi connectivity index (χ0) is 9.73. The summed E-state index contributed by atoms with van der Waals surface area (Å²) in [6.45, 7) is 0.668. The highest BCUT2D eigenvalue weighted by molar-refractivity contribution is 7.85. The molecule has 1 rings (SSSR count). The van der Waals surface area contributed by atoms with Gasteiger partial charge < -0.3 is 9.87 Å². The van der Waals surface area contributed by atoms with Gasteiger partial charge in [-0.05, 0) is 25.3 Å². The maximum atomic E-state index is 10.3. The Morgan fingerprint density at radius 2 is 1.85 bits per heavy atom. The maximum Gasteiger partial charge on any atom is 0.108 e. The van der Waals surface area contributed by atoms with E-state index in [1.807, 2.05) is 0 Å². The lowest BCUT2D eigenvalue weighted by molar-refractivity contribution is 0.345. The van der Waals surface area contributed by atoms with Crippen LogP contribution in [0.4, 0.5) is 0 Å². The van der Waals surface area contributed by atoms with Gasteiger partial charge >= 0.3 is 0 Å². The van der Waals surface area contributed by atoms with Gasteiger partial charge in [-0.1, -0.05) is 19.3 Å². The van der Waals surface area contributed by atoms with E-state index in [1.54, 1.807) is 0 Å². The van der Waals surface area contributed by atoms with Gasteiger partial charge in [-0.15, -0.1) is 0 Å². The zero-order valence-corrected chi connectivity index (χ0v) is 8.48. The van der Waals surface area contributed by atoms with Crippen molar-refractivity contribution in [3.05, 3.63) is 0 Å². The zero-order valence-electron chi connectivity index (χ0n) is 7.66. The molecule has 1 N–H and O–H groups in total. The quantitative estimate of drug-likeness (QED) is 0.686. The topological polar surface area (TPSA) is 69.2 Å². The highest BCUT2D eigenvalue weighted by Gasteiger charge is 2.12. The molecule has 0 aromatic rings. The molecular formula is C8H16NO3S-. The molecule has 0 spiro atoms. The largest absolute Gasteiger partial charge is 0.747 e. The molecule has 5 heteroatoms. The number of rotatable bonds is 4. The standard InChI is InChI=1S/C8H17NO3S/c10-13(11,12)7-9-6-8-4-2-1-3-5-8/h8-9H,1-7H2,(H,10,11,12)/p-1. The summed E-state index contributed by atoms with van der Waals surface area (Å²) in [6, 6.07) is 0. The first-order valence-corrected chi connectivity index (χ1v) is 6.30. The third-order valence-electron chi connectivity index (χ3n) is 2.44. The van der Waals surface area contributed by atoms with Crippen molar-refractivity contribution in [1.82, 2.24) is 5.32 Å². The Balaban J connectivity index is 2.11. The molecule has 4 nitrogen and oxygen atoms in total. The van der Waals surface area contributed by atoms with Gasteiger partial charge in [0.05, 0.1) is 5.88 Å². The fourth-order valence-corrected chi connectivity index (χ4v) is 2.15. The van der Waals surface area contributed by atoms with Crippen molar-refractivity contribution in [1.29, 1.82) is 0 Å². The van der Waals surface area contributed by atoms with E-state index in [0.717, 1.165) is 12.8 Å². The smallest absolute Gasteiger partial charge is 0.108 e. The lowest BCUT2D eigenvalue weighted by atomic mass is 9.89. The molecule has 0 heterocycles. The second-order valence-electron chi connectivity index (χ2n) is 3.66. The van der Waals surface area contributed by atoms with Crippen molar-refractivity contribution in [2.75, 3.05) is 12.4 Å². The highest BCUT2D eigenvalue weighted by Crippen LogP contribution is 2.22. The van der Waals surface area contributed by atoms with E-state index in [1.165, 1.54) is 19.3 Å². The minimum atomic E-state index is -4.09. The average molecular weight is 206 g/mol. The molecule has 78 valence electrons. The van der Waals surface area contributed by atoms with Crippen LogP contribution >= 0.6 is 0 Å². The molecule has 0 atom stereocenters.